The second-order valence-corrected chi connectivity index (χ2v) is 8.30. The van der Waals surface area contributed by atoms with Crippen molar-refractivity contribution in [1.82, 2.24) is 0 Å². The maximum atomic E-state index is 11.8. The molecule has 0 spiro atoms. The number of hydrogen-bond acceptors (Lipinski definition) is 3. The molecule has 0 bridgehead atoms. The molecule has 0 aromatic heterocycles. The third kappa shape index (κ3) is 3.46. The Hall–Kier alpha value is -1.36. The number of hydrogen-bond donors (Lipinski definition) is 1. The Bertz CT molecular complexity index is 612. The fraction of sp³-hybridized carbons (Fsp3) is 0.562. The number of carboxylic acid groups (broad SMARTS) is 1. The molecule has 21 heavy (non-hydrogen) atoms. The lowest BCUT2D eigenvalue weighted by Gasteiger charge is -2.28. The highest BCUT2D eigenvalue weighted by Crippen LogP contribution is 2.38. The molecule has 1 aromatic rings. The molecule has 5 heteroatoms. The minimum atomic E-state index is -3.26. The Balaban J connectivity index is 2.31. The first kappa shape index (κ1) is 16.0. The summed E-state index contributed by atoms with van der Waals surface area (Å²) in [5.74, 6) is -0.401. The monoisotopic (exact) mass is 310 g/mol. The maximum absolute atomic E-state index is 11.8. The molecule has 1 fully saturated rings. The van der Waals surface area contributed by atoms with Crippen molar-refractivity contribution in [1.29, 1.82) is 0 Å². The highest BCUT2D eigenvalue weighted by molar-refractivity contribution is 7.90. The number of carbonyl (C=O) groups is 1. The molecule has 1 N–H and O–H groups in total. The van der Waals surface area contributed by atoms with E-state index in [-0.39, 0.29) is 4.90 Å². The van der Waals surface area contributed by atoms with E-state index in [0.717, 1.165) is 19.1 Å². The topological polar surface area (TPSA) is 71.4 Å². The first-order chi connectivity index (χ1) is 9.73. The normalized spacial score (nSPS) is 19.3. The van der Waals surface area contributed by atoms with Crippen LogP contribution in [0.15, 0.2) is 29.2 Å². The van der Waals surface area contributed by atoms with Crippen molar-refractivity contribution in [2.24, 2.45) is 5.92 Å². The van der Waals surface area contributed by atoms with Gasteiger partial charge in [0.15, 0.2) is 9.84 Å². The summed E-state index contributed by atoms with van der Waals surface area (Å²) in [6.07, 6.45) is 6.28. The Morgan fingerprint density at radius 3 is 2.19 bits per heavy atom. The molecule has 0 heterocycles. The maximum Gasteiger partial charge on any atom is 0.313 e. The number of carboxylic acids is 1. The summed E-state index contributed by atoms with van der Waals surface area (Å²) in [6, 6.07) is 6.28. The zero-order valence-corrected chi connectivity index (χ0v) is 13.3. The van der Waals surface area contributed by atoms with E-state index in [1.54, 1.807) is 19.1 Å². The second kappa shape index (κ2) is 5.79. The van der Waals surface area contributed by atoms with Gasteiger partial charge in [-0.25, -0.2) is 8.42 Å². The molecule has 116 valence electrons. The Kier molecular flexibility index (Phi) is 4.42. The van der Waals surface area contributed by atoms with Crippen LogP contribution in [0, 0.1) is 5.92 Å². The Morgan fingerprint density at radius 1 is 1.24 bits per heavy atom. The molecular weight excluding hydrogens is 288 g/mol. The lowest BCUT2D eigenvalue weighted by molar-refractivity contribution is -0.144. The van der Waals surface area contributed by atoms with Gasteiger partial charge >= 0.3 is 5.97 Å². The van der Waals surface area contributed by atoms with Gasteiger partial charge < -0.3 is 5.11 Å². The highest BCUT2D eigenvalue weighted by atomic mass is 32.2. The summed E-state index contributed by atoms with van der Waals surface area (Å²) < 4.78 is 23.0. The van der Waals surface area contributed by atoms with Crippen molar-refractivity contribution in [2.45, 2.75) is 49.3 Å². The molecule has 1 saturated carbocycles. The van der Waals surface area contributed by atoms with Crippen molar-refractivity contribution in [2.75, 3.05) is 6.26 Å². The van der Waals surface area contributed by atoms with Gasteiger partial charge in [-0.15, -0.1) is 0 Å². The lowest BCUT2D eigenvalue weighted by Crippen LogP contribution is -2.34. The zero-order valence-electron chi connectivity index (χ0n) is 12.5. The number of benzene rings is 1. The van der Waals surface area contributed by atoms with Crippen molar-refractivity contribution >= 4 is 15.8 Å². The van der Waals surface area contributed by atoms with Gasteiger partial charge in [-0.2, -0.15) is 0 Å². The van der Waals surface area contributed by atoms with Gasteiger partial charge in [0.2, 0.25) is 0 Å². The quantitative estimate of drug-likeness (QED) is 0.907. The van der Waals surface area contributed by atoms with Crippen LogP contribution in [0.25, 0.3) is 0 Å². The lowest BCUT2D eigenvalue weighted by atomic mass is 9.75. The smallest absolute Gasteiger partial charge is 0.313 e. The fourth-order valence-electron chi connectivity index (χ4n) is 3.19. The van der Waals surface area contributed by atoms with E-state index in [1.165, 1.54) is 25.0 Å². The molecule has 1 atom stereocenters. The summed E-state index contributed by atoms with van der Waals surface area (Å²) in [5.41, 5.74) is -0.278. The average molecular weight is 310 g/mol. The zero-order chi connectivity index (χ0) is 15.7. The van der Waals surface area contributed by atoms with Crippen LogP contribution in [0.1, 0.15) is 44.6 Å². The second-order valence-electron chi connectivity index (χ2n) is 6.29. The van der Waals surface area contributed by atoms with Crippen LogP contribution in [-0.4, -0.2) is 25.7 Å². The van der Waals surface area contributed by atoms with Gasteiger partial charge in [0.05, 0.1) is 10.3 Å². The van der Waals surface area contributed by atoms with Crippen molar-refractivity contribution < 1.29 is 18.3 Å². The van der Waals surface area contributed by atoms with E-state index >= 15 is 0 Å². The average Bonchev–Trinajstić information content (AvgIpc) is 2.90. The van der Waals surface area contributed by atoms with Crippen LogP contribution in [0.5, 0.6) is 0 Å². The first-order valence-electron chi connectivity index (χ1n) is 7.27. The third-order valence-electron chi connectivity index (χ3n) is 4.56. The van der Waals surface area contributed by atoms with E-state index in [2.05, 4.69) is 0 Å². The van der Waals surface area contributed by atoms with E-state index in [4.69, 9.17) is 0 Å². The SMILES string of the molecule is CC(CC1CCCC1)(C(=O)O)c1ccc(S(C)(=O)=O)cc1. The summed E-state index contributed by atoms with van der Waals surface area (Å²) in [4.78, 5) is 12.0. The van der Waals surface area contributed by atoms with Gasteiger partial charge in [-0.1, -0.05) is 37.8 Å². The van der Waals surface area contributed by atoms with Crippen LogP contribution in [0.3, 0.4) is 0 Å². The standard InChI is InChI=1S/C16H22O4S/c1-16(15(17)18,11-12-5-3-4-6-12)13-7-9-14(10-8-13)21(2,19)20/h7-10,12H,3-6,11H2,1-2H3,(H,17,18). The molecule has 2 rings (SSSR count). The number of sulfone groups is 1. The number of rotatable bonds is 5. The van der Waals surface area contributed by atoms with Crippen molar-refractivity contribution in [3.63, 3.8) is 0 Å². The van der Waals surface area contributed by atoms with Gasteiger partial charge in [-0.05, 0) is 37.0 Å². The molecule has 0 radical (unpaired) electrons. The van der Waals surface area contributed by atoms with E-state index in [0.29, 0.717) is 17.9 Å². The Morgan fingerprint density at radius 2 is 1.76 bits per heavy atom. The summed E-state index contributed by atoms with van der Waals surface area (Å²) in [5, 5.41) is 9.66. The molecule has 1 aliphatic carbocycles. The predicted molar refractivity (Wildman–Crippen MR) is 81.1 cm³/mol. The molecule has 4 nitrogen and oxygen atoms in total. The molecule has 0 aliphatic heterocycles. The van der Waals surface area contributed by atoms with Crippen LogP contribution >= 0.6 is 0 Å². The third-order valence-corrected chi connectivity index (χ3v) is 5.69. The predicted octanol–water partition coefficient (Wildman–Crippen LogP) is 3.01. The van der Waals surface area contributed by atoms with Crippen LogP contribution in [-0.2, 0) is 20.0 Å². The minimum absolute atomic E-state index is 0.222. The minimum Gasteiger partial charge on any atom is -0.481 e. The molecule has 1 unspecified atom stereocenters. The number of aliphatic carboxylic acids is 1. The molecule has 1 aromatic carbocycles. The van der Waals surface area contributed by atoms with Crippen LogP contribution in [0.2, 0.25) is 0 Å². The van der Waals surface area contributed by atoms with E-state index in [1.807, 2.05) is 0 Å². The summed E-state index contributed by atoms with van der Waals surface area (Å²) >= 11 is 0. The molecule has 0 saturated heterocycles. The molecular formula is C16H22O4S. The fourth-order valence-corrected chi connectivity index (χ4v) is 3.82. The summed E-state index contributed by atoms with van der Waals surface area (Å²) in [6.45, 7) is 1.74. The molecule has 0 amide bonds. The van der Waals surface area contributed by atoms with Crippen molar-refractivity contribution in [3.8, 4) is 0 Å². The van der Waals surface area contributed by atoms with Gasteiger partial charge in [-0.3, -0.25) is 4.79 Å². The van der Waals surface area contributed by atoms with Crippen LogP contribution in [0.4, 0.5) is 0 Å². The summed E-state index contributed by atoms with van der Waals surface area (Å²) in [7, 11) is -3.26. The van der Waals surface area contributed by atoms with Gasteiger partial charge in [0.25, 0.3) is 0 Å². The Labute approximate surface area is 126 Å². The molecule has 1 aliphatic rings. The van der Waals surface area contributed by atoms with E-state index < -0.39 is 21.2 Å². The van der Waals surface area contributed by atoms with Crippen LogP contribution < -0.4 is 0 Å². The largest absolute Gasteiger partial charge is 0.481 e. The van der Waals surface area contributed by atoms with Gasteiger partial charge in [0.1, 0.15) is 0 Å². The first-order valence-corrected chi connectivity index (χ1v) is 9.16. The van der Waals surface area contributed by atoms with Gasteiger partial charge in [0, 0.05) is 6.26 Å². The highest BCUT2D eigenvalue weighted by Gasteiger charge is 2.38. The van der Waals surface area contributed by atoms with Crippen molar-refractivity contribution in [3.05, 3.63) is 29.8 Å². The van der Waals surface area contributed by atoms with E-state index in [9.17, 15) is 18.3 Å².